The van der Waals surface area contributed by atoms with Crippen LogP contribution >= 0.6 is 0 Å². The molecule has 0 unspecified atom stereocenters. The molecule has 0 spiro atoms. The number of carbonyl (C=O) groups is 1. The van der Waals surface area contributed by atoms with Crippen LogP contribution in [0.1, 0.15) is 5.56 Å². The van der Waals surface area contributed by atoms with Crippen LogP contribution in [0.4, 0.5) is 0 Å². The summed E-state index contributed by atoms with van der Waals surface area (Å²) in [6, 6.07) is 9.41. The first-order valence-electron chi connectivity index (χ1n) is 7.71. The van der Waals surface area contributed by atoms with Crippen LogP contribution in [0.2, 0.25) is 0 Å². The first kappa shape index (κ1) is 16.5. The highest BCUT2D eigenvalue weighted by atomic mass is 16.5. The molecule has 0 bridgehead atoms. The first-order valence-corrected chi connectivity index (χ1v) is 7.71. The van der Waals surface area contributed by atoms with Crippen LogP contribution in [0.3, 0.4) is 0 Å². The molecular weight excluding hydrogens is 322 g/mol. The summed E-state index contributed by atoms with van der Waals surface area (Å²) in [5.74, 6) is 0.902. The highest BCUT2D eigenvalue weighted by Crippen LogP contribution is 2.11. The molecular formula is C16H17N7O2. The quantitative estimate of drug-likeness (QED) is 0.629. The number of hydrogen-bond acceptors (Lipinski definition) is 7. The summed E-state index contributed by atoms with van der Waals surface area (Å²) in [5, 5.41) is 14.6. The highest BCUT2D eigenvalue weighted by Gasteiger charge is 2.09. The maximum Gasteiger partial charge on any atom is 0.243 e. The summed E-state index contributed by atoms with van der Waals surface area (Å²) in [5.41, 5.74) is 1.67. The number of carbonyl (C=O) groups excluding carboxylic acids is 1. The molecule has 0 radical (unpaired) electrons. The van der Waals surface area contributed by atoms with Crippen LogP contribution < -0.4 is 10.1 Å². The number of rotatable bonds is 7. The van der Waals surface area contributed by atoms with E-state index < -0.39 is 0 Å². The summed E-state index contributed by atoms with van der Waals surface area (Å²) >= 11 is 0. The number of aromatic nitrogens is 6. The minimum atomic E-state index is -0.223. The summed E-state index contributed by atoms with van der Waals surface area (Å²) in [6.45, 7) is 2.74. The van der Waals surface area contributed by atoms with E-state index in [1.807, 2.05) is 31.2 Å². The molecule has 2 aromatic heterocycles. The van der Waals surface area contributed by atoms with Crippen LogP contribution in [0, 0.1) is 6.92 Å². The van der Waals surface area contributed by atoms with Crippen molar-refractivity contribution in [1.29, 1.82) is 0 Å². The molecule has 3 aromatic rings. The van der Waals surface area contributed by atoms with Crippen molar-refractivity contribution in [2.24, 2.45) is 0 Å². The minimum Gasteiger partial charge on any atom is -0.492 e. The molecule has 0 saturated carbocycles. The molecule has 3 rings (SSSR count). The largest absolute Gasteiger partial charge is 0.492 e. The van der Waals surface area contributed by atoms with Crippen molar-refractivity contribution in [3.63, 3.8) is 0 Å². The van der Waals surface area contributed by atoms with E-state index in [-0.39, 0.29) is 12.5 Å². The standard InChI is InChI=1S/C16H17N7O2/c1-12-3-2-4-13(9-12)25-8-7-18-15(24)10-23-21-16(20-22-23)14-5-6-17-11-19-14/h2-6,9,11H,7-8,10H2,1H3,(H,18,24). The maximum absolute atomic E-state index is 11.9. The zero-order valence-corrected chi connectivity index (χ0v) is 13.7. The molecule has 0 fully saturated rings. The van der Waals surface area contributed by atoms with E-state index in [2.05, 4.69) is 30.7 Å². The molecule has 9 heteroatoms. The van der Waals surface area contributed by atoms with Crippen LogP contribution in [0.5, 0.6) is 5.75 Å². The third-order valence-corrected chi connectivity index (χ3v) is 3.23. The lowest BCUT2D eigenvalue weighted by Crippen LogP contribution is -2.31. The molecule has 0 atom stereocenters. The highest BCUT2D eigenvalue weighted by molar-refractivity contribution is 5.75. The zero-order chi connectivity index (χ0) is 17.5. The SMILES string of the molecule is Cc1cccc(OCCNC(=O)Cn2nnc(-c3ccncn3)n2)c1. The van der Waals surface area contributed by atoms with Gasteiger partial charge in [-0.1, -0.05) is 12.1 Å². The Morgan fingerprint density at radius 3 is 3.04 bits per heavy atom. The molecule has 128 valence electrons. The van der Waals surface area contributed by atoms with Gasteiger partial charge in [0.2, 0.25) is 11.7 Å². The molecule has 25 heavy (non-hydrogen) atoms. The molecule has 2 heterocycles. The van der Waals surface area contributed by atoms with Crippen LogP contribution in [-0.2, 0) is 11.3 Å². The summed E-state index contributed by atoms with van der Waals surface area (Å²) in [6.07, 6.45) is 2.99. The van der Waals surface area contributed by atoms with Crippen LogP contribution in [0.15, 0.2) is 42.9 Å². The van der Waals surface area contributed by atoms with Crippen LogP contribution in [-0.4, -0.2) is 49.2 Å². The van der Waals surface area contributed by atoms with Gasteiger partial charge in [0.25, 0.3) is 0 Å². The summed E-state index contributed by atoms with van der Waals surface area (Å²) < 4.78 is 5.57. The number of tetrazole rings is 1. The van der Waals surface area contributed by atoms with Crippen molar-refractivity contribution in [3.05, 3.63) is 48.4 Å². The van der Waals surface area contributed by atoms with E-state index in [9.17, 15) is 4.79 Å². The van der Waals surface area contributed by atoms with Gasteiger partial charge in [-0.25, -0.2) is 9.97 Å². The molecule has 0 saturated heterocycles. The topological polar surface area (TPSA) is 108 Å². The van der Waals surface area contributed by atoms with Gasteiger partial charge in [-0.3, -0.25) is 4.79 Å². The molecule has 9 nitrogen and oxygen atoms in total. The molecule has 0 aliphatic heterocycles. The van der Waals surface area contributed by atoms with E-state index in [1.165, 1.54) is 11.1 Å². The Bertz CT molecular complexity index is 835. The van der Waals surface area contributed by atoms with Gasteiger partial charge in [0.1, 0.15) is 30.9 Å². The first-order chi connectivity index (χ1) is 12.2. The van der Waals surface area contributed by atoms with E-state index in [0.29, 0.717) is 24.7 Å². The Labute approximate surface area is 144 Å². The van der Waals surface area contributed by atoms with Crippen LogP contribution in [0.25, 0.3) is 11.5 Å². The van der Waals surface area contributed by atoms with Crippen molar-refractivity contribution >= 4 is 5.91 Å². The van der Waals surface area contributed by atoms with Crippen molar-refractivity contribution in [1.82, 2.24) is 35.5 Å². The number of hydrogen-bond donors (Lipinski definition) is 1. The predicted molar refractivity (Wildman–Crippen MR) is 88.5 cm³/mol. The van der Waals surface area contributed by atoms with Gasteiger partial charge in [-0.05, 0) is 35.9 Å². The van der Waals surface area contributed by atoms with Crippen molar-refractivity contribution in [2.75, 3.05) is 13.2 Å². The van der Waals surface area contributed by atoms with Gasteiger partial charge < -0.3 is 10.1 Å². The molecule has 1 N–H and O–H groups in total. The number of ether oxygens (including phenoxy) is 1. The second-order valence-corrected chi connectivity index (χ2v) is 5.25. The van der Waals surface area contributed by atoms with Gasteiger partial charge in [0.15, 0.2) is 0 Å². The lowest BCUT2D eigenvalue weighted by atomic mass is 10.2. The predicted octanol–water partition coefficient (Wildman–Crippen LogP) is 0.634. The summed E-state index contributed by atoms with van der Waals surface area (Å²) in [4.78, 5) is 21.0. The third-order valence-electron chi connectivity index (χ3n) is 3.23. The Hall–Kier alpha value is -3.36. The third kappa shape index (κ3) is 4.80. The van der Waals surface area contributed by atoms with Gasteiger partial charge in [0.05, 0.1) is 6.54 Å². The van der Waals surface area contributed by atoms with Gasteiger partial charge >= 0.3 is 0 Å². The van der Waals surface area contributed by atoms with Gasteiger partial charge in [-0.15, -0.1) is 10.2 Å². The fraction of sp³-hybridized carbons (Fsp3) is 0.250. The number of aryl methyl sites for hydroxylation is 1. The monoisotopic (exact) mass is 339 g/mol. The van der Waals surface area contributed by atoms with E-state index >= 15 is 0 Å². The fourth-order valence-corrected chi connectivity index (χ4v) is 2.08. The minimum absolute atomic E-state index is 0.0253. The number of benzene rings is 1. The maximum atomic E-state index is 11.9. The lowest BCUT2D eigenvalue weighted by molar-refractivity contribution is -0.122. The van der Waals surface area contributed by atoms with Crippen molar-refractivity contribution < 1.29 is 9.53 Å². The summed E-state index contributed by atoms with van der Waals surface area (Å²) in [7, 11) is 0. The van der Waals surface area contributed by atoms with Gasteiger partial charge in [-0.2, -0.15) is 4.80 Å². The van der Waals surface area contributed by atoms with Crippen molar-refractivity contribution in [3.8, 4) is 17.3 Å². The van der Waals surface area contributed by atoms with Crippen molar-refractivity contribution in [2.45, 2.75) is 13.5 Å². The van der Waals surface area contributed by atoms with Gasteiger partial charge in [0, 0.05) is 6.20 Å². The normalized spacial score (nSPS) is 10.4. The smallest absolute Gasteiger partial charge is 0.243 e. The number of nitrogens with one attached hydrogen (secondary N) is 1. The molecule has 1 amide bonds. The Kier molecular flexibility index (Phi) is 5.25. The molecule has 1 aromatic carbocycles. The number of amides is 1. The van der Waals surface area contributed by atoms with E-state index in [0.717, 1.165) is 11.3 Å². The zero-order valence-electron chi connectivity index (χ0n) is 13.7. The average molecular weight is 339 g/mol. The Balaban J connectivity index is 1.43. The average Bonchev–Trinajstić information content (AvgIpc) is 3.08. The Morgan fingerprint density at radius 1 is 1.32 bits per heavy atom. The Morgan fingerprint density at radius 2 is 2.24 bits per heavy atom. The second-order valence-electron chi connectivity index (χ2n) is 5.25. The van der Waals surface area contributed by atoms with E-state index in [1.54, 1.807) is 12.3 Å². The molecule has 0 aliphatic carbocycles. The molecule has 0 aliphatic rings. The second kappa shape index (κ2) is 7.95. The number of nitrogens with zero attached hydrogens (tertiary/aromatic N) is 6. The fourth-order valence-electron chi connectivity index (χ4n) is 2.08. The van der Waals surface area contributed by atoms with E-state index in [4.69, 9.17) is 4.74 Å². The lowest BCUT2D eigenvalue weighted by Gasteiger charge is -2.08.